The molecular weight excluding hydrogens is 376 g/mol. The van der Waals surface area contributed by atoms with Crippen molar-refractivity contribution >= 4 is 34.0 Å². The van der Waals surface area contributed by atoms with Gasteiger partial charge in [0.15, 0.2) is 5.13 Å². The summed E-state index contributed by atoms with van der Waals surface area (Å²) < 4.78 is 0. The van der Waals surface area contributed by atoms with Crippen LogP contribution in [0.1, 0.15) is 33.6 Å². The number of hydrogen-bond donors (Lipinski definition) is 3. The van der Waals surface area contributed by atoms with E-state index in [2.05, 4.69) is 20.6 Å². The number of aromatic amines is 1. The van der Waals surface area contributed by atoms with Gasteiger partial charge < -0.3 is 10.3 Å². The molecule has 3 rings (SSSR count). The molecule has 0 aliphatic rings. The third-order valence-electron chi connectivity index (χ3n) is 4.08. The van der Waals surface area contributed by atoms with Crippen molar-refractivity contribution in [3.63, 3.8) is 0 Å². The van der Waals surface area contributed by atoms with Gasteiger partial charge in [-0.25, -0.2) is 4.98 Å². The fourth-order valence-electron chi connectivity index (χ4n) is 2.61. The zero-order valence-corrected chi connectivity index (χ0v) is 16.4. The maximum Gasteiger partial charge on any atom is 0.258 e. The lowest BCUT2D eigenvalue weighted by Gasteiger charge is -2.08. The molecular formula is C20H20N4O3S. The number of carbonyl (C=O) groups excluding carboxylic acids is 2. The van der Waals surface area contributed by atoms with E-state index in [0.717, 1.165) is 22.5 Å². The normalized spacial score (nSPS) is 10.5. The zero-order valence-electron chi connectivity index (χ0n) is 15.5. The minimum absolute atomic E-state index is 0.0845. The van der Waals surface area contributed by atoms with E-state index in [1.165, 1.54) is 29.7 Å². The first-order chi connectivity index (χ1) is 13.4. The second kappa shape index (κ2) is 8.62. The predicted molar refractivity (Wildman–Crippen MR) is 110 cm³/mol. The molecule has 0 spiro atoms. The molecule has 2 heterocycles. The molecule has 0 saturated heterocycles. The van der Waals surface area contributed by atoms with Crippen LogP contribution in [0.15, 0.2) is 46.7 Å². The van der Waals surface area contributed by atoms with Gasteiger partial charge in [-0.1, -0.05) is 17.7 Å². The Morgan fingerprint density at radius 1 is 1.14 bits per heavy atom. The van der Waals surface area contributed by atoms with E-state index in [0.29, 0.717) is 23.5 Å². The summed E-state index contributed by atoms with van der Waals surface area (Å²) >= 11 is 1.29. The third kappa shape index (κ3) is 5.14. The van der Waals surface area contributed by atoms with Crippen LogP contribution in [0, 0.1) is 13.8 Å². The molecule has 0 aliphatic carbocycles. The standard InChI is InChI=1S/C20H20N4O3S/c1-12-3-6-16(13(2)9-12)23-18(26)8-5-15-11-28-20(22-15)24-19(27)14-4-7-17(25)21-10-14/h3-4,6-7,9-11H,5,8H2,1-2H3,(H,21,25)(H,23,26)(H,22,24,27). The lowest BCUT2D eigenvalue weighted by molar-refractivity contribution is -0.116. The molecule has 3 aromatic rings. The average Bonchev–Trinajstić information content (AvgIpc) is 3.10. The minimum atomic E-state index is -0.357. The largest absolute Gasteiger partial charge is 0.328 e. The average molecular weight is 396 g/mol. The molecule has 0 unspecified atom stereocenters. The molecule has 0 bridgehead atoms. The summed E-state index contributed by atoms with van der Waals surface area (Å²) in [6.45, 7) is 3.97. The number of rotatable bonds is 6. The van der Waals surface area contributed by atoms with Crippen molar-refractivity contribution in [2.24, 2.45) is 0 Å². The smallest absolute Gasteiger partial charge is 0.258 e. The first-order valence-electron chi connectivity index (χ1n) is 8.72. The van der Waals surface area contributed by atoms with E-state index in [1.807, 2.05) is 37.4 Å². The molecule has 7 nitrogen and oxygen atoms in total. The SMILES string of the molecule is Cc1ccc(NC(=O)CCc2csc(NC(=O)c3ccc(=O)[nH]c3)n2)c(C)c1. The van der Waals surface area contributed by atoms with Crippen LogP contribution in [0.3, 0.4) is 0 Å². The lowest BCUT2D eigenvalue weighted by Crippen LogP contribution is -2.15. The number of nitrogens with zero attached hydrogens (tertiary/aromatic N) is 1. The first-order valence-corrected chi connectivity index (χ1v) is 9.60. The van der Waals surface area contributed by atoms with Crippen LogP contribution >= 0.6 is 11.3 Å². The van der Waals surface area contributed by atoms with Gasteiger partial charge in [0.25, 0.3) is 5.91 Å². The number of anilines is 2. The van der Waals surface area contributed by atoms with Crippen molar-refractivity contribution in [1.82, 2.24) is 9.97 Å². The maximum absolute atomic E-state index is 12.2. The molecule has 0 fully saturated rings. The number of benzene rings is 1. The summed E-state index contributed by atoms with van der Waals surface area (Å²) in [6.07, 6.45) is 2.12. The minimum Gasteiger partial charge on any atom is -0.328 e. The Kier molecular flexibility index (Phi) is 6.00. The molecule has 2 amide bonds. The Morgan fingerprint density at radius 2 is 1.96 bits per heavy atom. The van der Waals surface area contributed by atoms with Crippen LogP contribution in [0.2, 0.25) is 0 Å². The van der Waals surface area contributed by atoms with Crippen LogP contribution in [-0.2, 0) is 11.2 Å². The molecule has 0 aliphatic heterocycles. The van der Waals surface area contributed by atoms with Crippen LogP contribution in [0.25, 0.3) is 0 Å². The van der Waals surface area contributed by atoms with Crippen molar-refractivity contribution < 1.29 is 9.59 Å². The van der Waals surface area contributed by atoms with Crippen LogP contribution in [-0.4, -0.2) is 21.8 Å². The zero-order chi connectivity index (χ0) is 20.1. The van der Waals surface area contributed by atoms with Crippen molar-refractivity contribution in [1.29, 1.82) is 0 Å². The fraction of sp³-hybridized carbons (Fsp3) is 0.200. The molecule has 2 aromatic heterocycles. The summed E-state index contributed by atoms with van der Waals surface area (Å²) in [5.41, 5.74) is 3.78. The van der Waals surface area contributed by atoms with E-state index in [1.54, 1.807) is 0 Å². The number of aromatic nitrogens is 2. The first kappa shape index (κ1) is 19.5. The van der Waals surface area contributed by atoms with E-state index in [-0.39, 0.29) is 17.4 Å². The second-order valence-corrected chi connectivity index (χ2v) is 7.26. The number of thiazole rings is 1. The lowest BCUT2D eigenvalue weighted by atomic mass is 10.1. The van der Waals surface area contributed by atoms with Gasteiger partial charge in [-0.2, -0.15) is 0 Å². The molecule has 0 atom stereocenters. The van der Waals surface area contributed by atoms with Gasteiger partial charge in [-0.3, -0.25) is 19.7 Å². The van der Waals surface area contributed by atoms with Gasteiger partial charge in [0, 0.05) is 29.8 Å². The Hall–Kier alpha value is -3.26. The van der Waals surface area contributed by atoms with E-state index in [9.17, 15) is 14.4 Å². The van der Waals surface area contributed by atoms with Crippen molar-refractivity contribution in [3.05, 3.63) is 74.6 Å². The molecule has 0 radical (unpaired) electrons. The quantitative estimate of drug-likeness (QED) is 0.595. The van der Waals surface area contributed by atoms with E-state index >= 15 is 0 Å². The highest BCUT2D eigenvalue weighted by molar-refractivity contribution is 7.14. The van der Waals surface area contributed by atoms with Crippen LogP contribution < -0.4 is 16.2 Å². The van der Waals surface area contributed by atoms with Crippen LogP contribution in [0.4, 0.5) is 10.8 Å². The number of carbonyl (C=O) groups is 2. The summed E-state index contributed by atoms with van der Waals surface area (Å²) in [7, 11) is 0. The highest BCUT2D eigenvalue weighted by atomic mass is 32.1. The summed E-state index contributed by atoms with van der Waals surface area (Å²) in [6, 6.07) is 8.61. The number of aryl methyl sites for hydroxylation is 3. The van der Waals surface area contributed by atoms with Crippen molar-refractivity contribution in [2.45, 2.75) is 26.7 Å². The topological polar surface area (TPSA) is 104 Å². The summed E-state index contributed by atoms with van der Waals surface area (Å²) in [5.74, 6) is -0.441. The number of amides is 2. The Balaban J connectivity index is 1.52. The van der Waals surface area contributed by atoms with Gasteiger partial charge >= 0.3 is 0 Å². The number of nitrogens with one attached hydrogen (secondary N) is 3. The third-order valence-corrected chi connectivity index (χ3v) is 4.89. The highest BCUT2D eigenvalue weighted by Gasteiger charge is 2.11. The number of pyridine rings is 1. The molecule has 1 aromatic carbocycles. The molecule has 28 heavy (non-hydrogen) atoms. The predicted octanol–water partition coefficient (Wildman–Crippen LogP) is 3.27. The monoisotopic (exact) mass is 396 g/mol. The maximum atomic E-state index is 12.2. The summed E-state index contributed by atoms with van der Waals surface area (Å²) in [5, 5.41) is 7.85. The van der Waals surface area contributed by atoms with Gasteiger partial charge in [0.2, 0.25) is 11.5 Å². The summed E-state index contributed by atoms with van der Waals surface area (Å²) in [4.78, 5) is 42.2. The Bertz CT molecular complexity index is 1050. The molecule has 0 saturated carbocycles. The van der Waals surface area contributed by atoms with Gasteiger partial charge in [0.05, 0.1) is 11.3 Å². The van der Waals surface area contributed by atoms with Gasteiger partial charge in [-0.15, -0.1) is 11.3 Å². The van der Waals surface area contributed by atoms with Gasteiger partial charge in [0.1, 0.15) is 0 Å². The molecule has 8 heteroatoms. The molecule has 144 valence electrons. The second-order valence-electron chi connectivity index (χ2n) is 6.41. The highest BCUT2D eigenvalue weighted by Crippen LogP contribution is 2.19. The van der Waals surface area contributed by atoms with Crippen LogP contribution in [0.5, 0.6) is 0 Å². The Labute approximate surface area is 165 Å². The number of H-pyrrole nitrogens is 1. The number of hydrogen-bond acceptors (Lipinski definition) is 5. The van der Waals surface area contributed by atoms with Crippen molar-refractivity contribution in [3.8, 4) is 0 Å². The molecule has 3 N–H and O–H groups in total. The van der Waals surface area contributed by atoms with E-state index in [4.69, 9.17) is 0 Å². The van der Waals surface area contributed by atoms with E-state index < -0.39 is 0 Å². The van der Waals surface area contributed by atoms with Crippen molar-refractivity contribution in [2.75, 3.05) is 10.6 Å². The Morgan fingerprint density at radius 3 is 2.68 bits per heavy atom. The fourth-order valence-corrected chi connectivity index (χ4v) is 3.35. The van der Waals surface area contributed by atoms with Gasteiger partial charge in [-0.05, 0) is 38.0 Å².